The summed E-state index contributed by atoms with van der Waals surface area (Å²) < 4.78 is 5.35. The van der Waals surface area contributed by atoms with Gasteiger partial charge in [-0.2, -0.15) is 0 Å². The van der Waals surface area contributed by atoms with Gasteiger partial charge < -0.3 is 9.84 Å². The Morgan fingerprint density at radius 1 is 1.25 bits per heavy atom. The summed E-state index contributed by atoms with van der Waals surface area (Å²) in [5, 5.41) is 10.4. The van der Waals surface area contributed by atoms with Crippen LogP contribution in [0.15, 0.2) is 11.8 Å². The number of ether oxygens (including phenoxy) is 1. The van der Waals surface area contributed by atoms with Crippen LogP contribution in [-0.2, 0) is 4.74 Å². The van der Waals surface area contributed by atoms with E-state index in [1.54, 1.807) is 0 Å². The van der Waals surface area contributed by atoms with Crippen molar-refractivity contribution in [2.24, 2.45) is 29.6 Å². The molecule has 3 saturated carbocycles. The third-order valence-corrected chi connectivity index (χ3v) is 5.50. The van der Waals surface area contributed by atoms with Crippen LogP contribution in [0.3, 0.4) is 0 Å². The van der Waals surface area contributed by atoms with Crippen molar-refractivity contribution in [3.63, 3.8) is 0 Å². The number of aliphatic hydroxyl groups is 1. The minimum atomic E-state index is -0.182. The minimum Gasteiger partial charge on any atom is -0.501 e. The molecule has 0 saturated heterocycles. The predicted octanol–water partition coefficient (Wildman–Crippen LogP) is 2.33. The zero-order chi connectivity index (χ0) is 10.7. The van der Waals surface area contributed by atoms with Gasteiger partial charge in [-0.15, -0.1) is 0 Å². The molecule has 88 valence electrons. The highest BCUT2D eigenvalue weighted by atomic mass is 16.5. The van der Waals surface area contributed by atoms with Gasteiger partial charge in [0.25, 0.3) is 0 Å². The number of aliphatic hydroxyl groups excluding tert-OH is 1. The van der Waals surface area contributed by atoms with E-state index < -0.39 is 0 Å². The average Bonchev–Trinajstić information content (AvgIpc) is 2.77. The Labute approximate surface area is 96.7 Å². The monoisotopic (exact) mass is 220 g/mol. The summed E-state index contributed by atoms with van der Waals surface area (Å²) in [6, 6.07) is 0. The number of rotatable bonds is 2. The van der Waals surface area contributed by atoms with E-state index >= 15 is 0 Å². The van der Waals surface area contributed by atoms with Crippen molar-refractivity contribution in [3.05, 3.63) is 11.8 Å². The molecule has 0 radical (unpaired) electrons. The molecule has 16 heavy (non-hydrogen) atoms. The smallest absolute Gasteiger partial charge is 0.0876 e. The molecule has 1 aliphatic heterocycles. The van der Waals surface area contributed by atoms with Crippen LogP contribution in [0.1, 0.15) is 32.1 Å². The van der Waals surface area contributed by atoms with Gasteiger partial charge in [0.05, 0.1) is 19.0 Å². The lowest BCUT2D eigenvalue weighted by Crippen LogP contribution is -2.20. The molecule has 0 aromatic carbocycles. The maximum absolute atomic E-state index is 10.4. The Hall–Kier alpha value is -0.500. The van der Waals surface area contributed by atoms with Crippen LogP contribution in [0.2, 0.25) is 0 Å². The molecule has 4 rings (SSSR count). The lowest BCUT2D eigenvalue weighted by molar-refractivity contribution is 0.136. The van der Waals surface area contributed by atoms with Crippen molar-refractivity contribution in [2.75, 3.05) is 6.61 Å². The van der Waals surface area contributed by atoms with Crippen LogP contribution < -0.4 is 0 Å². The summed E-state index contributed by atoms with van der Waals surface area (Å²) in [6.45, 7) is 0.832. The van der Waals surface area contributed by atoms with Gasteiger partial charge in [-0.1, -0.05) is 0 Å². The standard InChI is InChI=1S/C14H20O2/c15-14(10-2-1-5-16-7-10)13-11-8-3-4-9(6-8)12(11)13/h7-9,11-15H,1-6H2. The van der Waals surface area contributed by atoms with Gasteiger partial charge in [0.1, 0.15) is 0 Å². The fourth-order valence-corrected chi connectivity index (χ4v) is 4.86. The zero-order valence-electron chi connectivity index (χ0n) is 9.64. The lowest BCUT2D eigenvalue weighted by atomic mass is 9.93. The molecule has 3 fully saturated rings. The summed E-state index contributed by atoms with van der Waals surface area (Å²) in [7, 11) is 0. The predicted molar refractivity (Wildman–Crippen MR) is 60.6 cm³/mol. The Morgan fingerprint density at radius 3 is 2.62 bits per heavy atom. The fraction of sp³-hybridized carbons (Fsp3) is 0.857. The molecule has 0 aromatic heterocycles. The maximum Gasteiger partial charge on any atom is 0.0876 e. The van der Waals surface area contributed by atoms with E-state index in [9.17, 15) is 5.11 Å². The number of fused-ring (bicyclic) bond motifs is 5. The van der Waals surface area contributed by atoms with Gasteiger partial charge in [-0.25, -0.2) is 0 Å². The van der Waals surface area contributed by atoms with Gasteiger partial charge in [0, 0.05) is 0 Å². The first-order chi connectivity index (χ1) is 7.86. The normalized spacial score (nSPS) is 50.6. The van der Waals surface area contributed by atoms with Crippen molar-refractivity contribution < 1.29 is 9.84 Å². The Kier molecular flexibility index (Phi) is 1.94. The molecular weight excluding hydrogens is 200 g/mol. The SMILES string of the molecule is OC(C1=COCCC1)C1C2C3CCC(C3)C21. The molecule has 1 N–H and O–H groups in total. The third-order valence-electron chi connectivity index (χ3n) is 5.50. The van der Waals surface area contributed by atoms with E-state index in [2.05, 4.69) is 0 Å². The summed E-state index contributed by atoms with van der Waals surface area (Å²) >= 11 is 0. The summed E-state index contributed by atoms with van der Waals surface area (Å²) in [5.74, 6) is 4.26. The quantitative estimate of drug-likeness (QED) is 0.774. The Morgan fingerprint density at radius 2 is 2.00 bits per heavy atom. The first-order valence-corrected chi connectivity index (χ1v) is 6.85. The van der Waals surface area contributed by atoms with E-state index in [1.165, 1.54) is 24.8 Å². The summed E-state index contributed by atoms with van der Waals surface area (Å²) in [4.78, 5) is 0. The summed E-state index contributed by atoms with van der Waals surface area (Å²) in [5.41, 5.74) is 1.17. The van der Waals surface area contributed by atoms with E-state index in [4.69, 9.17) is 4.74 Å². The largest absolute Gasteiger partial charge is 0.501 e. The molecule has 2 nitrogen and oxygen atoms in total. The molecule has 0 spiro atoms. The molecule has 0 amide bonds. The van der Waals surface area contributed by atoms with Crippen molar-refractivity contribution in [3.8, 4) is 0 Å². The molecule has 4 aliphatic rings. The third kappa shape index (κ3) is 1.17. The first-order valence-electron chi connectivity index (χ1n) is 6.85. The molecule has 3 aliphatic carbocycles. The molecule has 1 heterocycles. The van der Waals surface area contributed by atoms with E-state index in [0.717, 1.165) is 43.1 Å². The van der Waals surface area contributed by atoms with Gasteiger partial charge in [-0.3, -0.25) is 0 Å². The minimum absolute atomic E-state index is 0.182. The number of hydrogen-bond donors (Lipinski definition) is 1. The van der Waals surface area contributed by atoms with Gasteiger partial charge in [0.2, 0.25) is 0 Å². The highest BCUT2D eigenvalue weighted by Gasteiger charge is 2.66. The molecule has 5 unspecified atom stereocenters. The fourth-order valence-electron chi connectivity index (χ4n) is 4.86. The van der Waals surface area contributed by atoms with Crippen LogP contribution in [0.5, 0.6) is 0 Å². The van der Waals surface area contributed by atoms with E-state index in [0.29, 0.717) is 5.92 Å². The highest BCUT2D eigenvalue weighted by Crippen LogP contribution is 2.70. The Bertz CT molecular complexity index is 320. The number of hydrogen-bond acceptors (Lipinski definition) is 2. The van der Waals surface area contributed by atoms with E-state index in [-0.39, 0.29) is 6.10 Å². The van der Waals surface area contributed by atoms with Crippen molar-refractivity contribution >= 4 is 0 Å². The average molecular weight is 220 g/mol. The van der Waals surface area contributed by atoms with Crippen LogP contribution in [0.4, 0.5) is 0 Å². The second kappa shape index (κ2) is 3.25. The van der Waals surface area contributed by atoms with Gasteiger partial charge in [-0.05, 0) is 67.3 Å². The van der Waals surface area contributed by atoms with E-state index in [1.807, 2.05) is 6.26 Å². The molecule has 0 aromatic rings. The van der Waals surface area contributed by atoms with Gasteiger partial charge in [0.15, 0.2) is 0 Å². The molecular formula is C14H20O2. The van der Waals surface area contributed by atoms with Crippen LogP contribution in [0.25, 0.3) is 0 Å². The second-order valence-electron chi connectivity index (χ2n) is 6.18. The van der Waals surface area contributed by atoms with Crippen LogP contribution >= 0.6 is 0 Å². The Balaban J connectivity index is 1.50. The van der Waals surface area contributed by atoms with Crippen molar-refractivity contribution in [2.45, 2.75) is 38.2 Å². The molecule has 5 atom stereocenters. The second-order valence-corrected chi connectivity index (χ2v) is 6.18. The van der Waals surface area contributed by atoms with Gasteiger partial charge >= 0.3 is 0 Å². The molecule has 2 heteroatoms. The first kappa shape index (κ1) is 9.52. The molecule has 2 bridgehead atoms. The van der Waals surface area contributed by atoms with Crippen molar-refractivity contribution in [1.82, 2.24) is 0 Å². The highest BCUT2D eigenvalue weighted by molar-refractivity contribution is 5.21. The topological polar surface area (TPSA) is 29.5 Å². The zero-order valence-corrected chi connectivity index (χ0v) is 9.64. The van der Waals surface area contributed by atoms with Crippen LogP contribution in [-0.4, -0.2) is 17.8 Å². The summed E-state index contributed by atoms with van der Waals surface area (Å²) in [6.07, 6.45) is 8.12. The van der Waals surface area contributed by atoms with Crippen molar-refractivity contribution in [1.29, 1.82) is 0 Å². The maximum atomic E-state index is 10.4. The van der Waals surface area contributed by atoms with Crippen LogP contribution in [0, 0.1) is 29.6 Å². The lowest BCUT2D eigenvalue weighted by Gasteiger charge is -2.21.